The maximum Gasteiger partial charge on any atom is 0.302 e. The average molecular weight is 245 g/mol. The standard InChI is InChI=1S/C12H15N5O/c1-2-17-7-13-11(14-8-17)16-12-15-9-5-3-4-6-10(9)18-12/h3-6H,2,7-8H2,1H3,(H2,13,14,15,16). The summed E-state index contributed by atoms with van der Waals surface area (Å²) in [5.41, 5.74) is 1.61. The molecule has 0 saturated carbocycles. The third kappa shape index (κ3) is 2.14. The largest absolute Gasteiger partial charge is 0.423 e. The lowest BCUT2D eigenvalue weighted by molar-refractivity contribution is 0.279. The summed E-state index contributed by atoms with van der Waals surface area (Å²) >= 11 is 0. The smallest absolute Gasteiger partial charge is 0.302 e. The minimum Gasteiger partial charge on any atom is -0.423 e. The molecule has 0 spiro atoms. The molecule has 1 aromatic carbocycles. The van der Waals surface area contributed by atoms with E-state index in [0.717, 1.165) is 24.3 Å². The van der Waals surface area contributed by atoms with Crippen LogP contribution in [0.1, 0.15) is 6.92 Å². The number of hydrogen-bond acceptors (Lipinski definition) is 6. The van der Waals surface area contributed by atoms with Crippen LogP contribution >= 0.6 is 0 Å². The van der Waals surface area contributed by atoms with Crippen molar-refractivity contribution in [1.82, 2.24) is 15.2 Å². The van der Waals surface area contributed by atoms with Gasteiger partial charge in [-0.2, -0.15) is 4.98 Å². The zero-order chi connectivity index (χ0) is 12.4. The number of hydrogen-bond donors (Lipinski definition) is 2. The highest BCUT2D eigenvalue weighted by molar-refractivity contribution is 5.93. The van der Waals surface area contributed by atoms with E-state index in [1.807, 2.05) is 24.3 Å². The van der Waals surface area contributed by atoms with Crippen LogP contribution in [0.4, 0.5) is 6.01 Å². The molecular formula is C12H15N5O. The normalized spacial score (nSPS) is 16.4. The van der Waals surface area contributed by atoms with Crippen molar-refractivity contribution in [3.05, 3.63) is 24.3 Å². The van der Waals surface area contributed by atoms with Gasteiger partial charge in [0.05, 0.1) is 13.3 Å². The average Bonchev–Trinajstić information content (AvgIpc) is 2.82. The molecule has 0 amide bonds. The first-order valence-electron chi connectivity index (χ1n) is 5.98. The van der Waals surface area contributed by atoms with Gasteiger partial charge >= 0.3 is 6.01 Å². The van der Waals surface area contributed by atoms with Crippen LogP contribution in [0.15, 0.2) is 33.7 Å². The number of para-hydroxylation sites is 2. The second kappa shape index (κ2) is 4.66. The van der Waals surface area contributed by atoms with Gasteiger partial charge in [-0.15, -0.1) is 0 Å². The fourth-order valence-corrected chi connectivity index (χ4v) is 1.79. The predicted molar refractivity (Wildman–Crippen MR) is 70.3 cm³/mol. The quantitative estimate of drug-likeness (QED) is 0.838. The van der Waals surface area contributed by atoms with Crippen LogP contribution in [0.2, 0.25) is 0 Å². The van der Waals surface area contributed by atoms with Gasteiger partial charge in [0.2, 0.25) is 5.96 Å². The van der Waals surface area contributed by atoms with Gasteiger partial charge in [-0.25, -0.2) is 4.99 Å². The van der Waals surface area contributed by atoms with Crippen molar-refractivity contribution < 1.29 is 4.42 Å². The molecule has 0 atom stereocenters. The Morgan fingerprint density at radius 3 is 3.06 bits per heavy atom. The Labute approximate surface area is 105 Å². The van der Waals surface area contributed by atoms with E-state index in [4.69, 9.17) is 4.42 Å². The topological polar surface area (TPSA) is 65.7 Å². The van der Waals surface area contributed by atoms with Crippen LogP contribution in [0.25, 0.3) is 11.1 Å². The van der Waals surface area contributed by atoms with E-state index in [-0.39, 0.29) is 0 Å². The molecule has 2 heterocycles. The third-order valence-corrected chi connectivity index (χ3v) is 2.87. The van der Waals surface area contributed by atoms with Crippen LogP contribution in [0.5, 0.6) is 0 Å². The number of nitrogens with zero attached hydrogens (tertiary/aromatic N) is 3. The van der Waals surface area contributed by atoms with E-state index >= 15 is 0 Å². The molecule has 18 heavy (non-hydrogen) atoms. The summed E-state index contributed by atoms with van der Waals surface area (Å²) in [5, 5.41) is 6.23. The molecule has 1 aliphatic rings. The zero-order valence-corrected chi connectivity index (χ0v) is 10.2. The Hall–Kier alpha value is -2.08. The van der Waals surface area contributed by atoms with Crippen molar-refractivity contribution in [1.29, 1.82) is 0 Å². The molecule has 6 heteroatoms. The Balaban J connectivity index is 1.75. The van der Waals surface area contributed by atoms with Crippen LogP contribution in [0.3, 0.4) is 0 Å². The van der Waals surface area contributed by atoms with Gasteiger partial charge in [0, 0.05) is 0 Å². The van der Waals surface area contributed by atoms with Crippen molar-refractivity contribution in [2.75, 3.05) is 25.2 Å². The minimum atomic E-state index is 0.465. The van der Waals surface area contributed by atoms with E-state index in [1.165, 1.54) is 0 Å². The molecule has 0 radical (unpaired) electrons. The lowest BCUT2D eigenvalue weighted by atomic mass is 10.3. The summed E-state index contributed by atoms with van der Waals surface area (Å²) in [7, 11) is 0. The first-order valence-corrected chi connectivity index (χ1v) is 5.98. The summed E-state index contributed by atoms with van der Waals surface area (Å²) in [6.45, 7) is 4.55. The number of benzene rings is 1. The number of aromatic nitrogens is 1. The molecule has 0 fully saturated rings. The lowest BCUT2D eigenvalue weighted by Crippen LogP contribution is -2.45. The van der Waals surface area contributed by atoms with Crippen molar-refractivity contribution in [3.63, 3.8) is 0 Å². The van der Waals surface area contributed by atoms with Crippen LogP contribution in [0, 0.1) is 0 Å². The van der Waals surface area contributed by atoms with Gasteiger partial charge < -0.3 is 9.73 Å². The van der Waals surface area contributed by atoms with E-state index in [9.17, 15) is 0 Å². The number of aliphatic imine (C=N–C) groups is 1. The summed E-state index contributed by atoms with van der Waals surface area (Å²) in [4.78, 5) is 10.9. The van der Waals surface area contributed by atoms with E-state index in [1.54, 1.807) is 0 Å². The predicted octanol–water partition coefficient (Wildman–Crippen LogP) is 1.44. The molecule has 2 N–H and O–H groups in total. The maximum absolute atomic E-state index is 5.57. The van der Waals surface area contributed by atoms with Crippen LogP contribution in [-0.2, 0) is 0 Å². The molecule has 0 aliphatic carbocycles. The number of rotatable bonds is 2. The van der Waals surface area contributed by atoms with Gasteiger partial charge in [0.15, 0.2) is 5.58 Å². The zero-order valence-electron chi connectivity index (χ0n) is 10.2. The fraction of sp³-hybridized carbons (Fsp3) is 0.333. The highest BCUT2D eigenvalue weighted by Crippen LogP contribution is 2.17. The second-order valence-electron chi connectivity index (χ2n) is 4.08. The second-order valence-corrected chi connectivity index (χ2v) is 4.08. The van der Waals surface area contributed by atoms with Gasteiger partial charge in [0.1, 0.15) is 5.52 Å². The summed E-state index contributed by atoms with van der Waals surface area (Å²) in [5.74, 6) is 0.700. The van der Waals surface area contributed by atoms with Gasteiger partial charge in [0.25, 0.3) is 0 Å². The van der Waals surface area contributed by atoms with Gasteiger partial charge in [-0.3, -0.25) is 10.2 Å². The molecule has 0 unspecified atom stereocenters. The minimum absolute atomic E-state index is 0.465. The molecule has 6 nitrogen and oxygen atoms in total. The van der Waals surface area contributed by atoms with Gasteiger partial charge in [-0.1, -0.05) is 19.1 Å². The number of guanidine groups is 1. The first kappa shape index (κ1) is 11.0. The fourth-order valence-electron chi connectivity index (χ4n) is 1.79. The molecule has 1 aliphatic heterocycles. The van der Waals surface area contributed by atoms with E-state index in [0.29, 0.717) is 18.6 Å². The third-order valence-electron chi connectivity index (χ3n) is 2.87. The number of oxazole rings is 1. The molecule has 1 aromatic heterocycles. The lowest BCUT2D eigenvalue weighted by Gasteiger charge is -2.24. The first-order chi connectivity index (χ1) is 8.85. The van der Waals surface area contributed by atoms with Crippen molar-refractivity contribution in [3.8, 4) is 0 Å². The Morgan fingerprint density at radius 1 is 1.44 bits per heavy atom. The molecular weight excluding hydrogens is 230 g/mol. The number of anilines is 1. The molecule has 0 saturated heterocycles. The summed E-state index contributed by atoms with van der Waals surface area (Å²) in [6, 6.07) is 8.13. The highest BCUT2D eigenvalue weighted by Gasteiger charge is 2.12. The SMILES string of the molecule is CCN1CN=C(Nc2nc3ccccc3o2)NC1. The molecule has 3 rings (SSSR count). The van der Waals surface area contributed by atoms with Crippen molar-refractivity contribution in [2.24, 2.45) is 4.99 Å². The van der Waals surface area contributed by atoms with Crippen molar-refractivity contribution in [2.45, 2.75) is 6.92 Å². The van der Waals surface area contributed by atoms with Crippen molar-refractivity contribution >= 4 is 23.1 Å². The molecule has 94 valence electrons. The molecule has 2 aromatic rings. The number of fused-ring (bicyclic) bond motifs is 1. The monoisotopic (exact) mass is 245 g/mol. The maximum atomic E-state index is 5.57. The Kier molecular flexibility index (Phi) is 2.85. The summed E-state index contributed by atoms with van der Waals surface area (Å²) < 4.78 is 5.57. The Morgan fingerprint density at radius 2 is 2.33 bits per heavy atom. The summed E-state index contributed by atoms with van der Waals surface area (Å²) in [6.07, 6.45) is 0. The Bertz CT molecular complexity index is 544. The van der Waals surface area contributed by atoms with Crippen LogP contribution < -0.4 is 10.6 Å². The number of nitrogens with one attached hydrogen (secondary N) is 2. The van der Waals surface area contributed by atoms with E-state index < -0.39 is 0 Å². The van der Waals surface area contributed by atoms with Gasteiger partial charge in [-0.05, 0) is 18.7 Å². The highest BCUT2D eigenvalue weighted by atomic mass is 16.4. The van der Waals surface area contributed by atoms with Crippen LogP contribution in [-0.4, -0.2) is 35.7 Å². The van der Waals surface area contributed by atoms with E-state index in [2.05, 4.69) is 32.4 Å². The molecule has 0 bridgehead atoms.